The molecule has 0 atom stereocenters. The lowest BCUT2D eigenvalue weighted by atomic mass is 10.2. The number of benzene rings is 2. The number of H-pyrrole nitrogens is 1. The van der Waals surface area contributed by atoms with Crippen molar-refractivity contribution < 1.29 is 4.42 Å². The van der Waals surface area contributed by atoms with Crippen LogP contribution in [-0.2, 0) is 0 Å². The topological polar surface area (TPSA) is 68.0 Å². The summed E-state index contributed by atoms with van der Waals surface area (Å²) in [5.41, 5.74) is 1.60. The van der Waals surface area contributed by atoms with Crippen molar-refractivity contribution in [3.05, 3.63) is 73.9 Å². The predicted octanol–water partition coefficient (Wildman–Crippen LogP) is 3.39. The molecule has 0 saturated carbocycles. The van der Waals surface area contributed by atoms with Crippen molar-refractivity contribution in [2.24, 2.45) is 0 Å². The highest BCUT2D eigenvalue weighted by Crippen LogP contribution is 2.29. The smallest absolute Gasteiger partial charge is 0.333 e. The van der Waals surface area contributed by atoms with Crippen molar-refractivity contribution in [3.63, 3.8) is 0 Å². The van der Waals surface area contributed by atoms with E-state index in [0.29, 0.717) is 27.2 Å². The van der Waals surface area contributed by atoms with Crippen LogP contribution < -0.4 is 11.2 Å². The van der Waals surface area contributed by atoms with Crippen molar-refractivity contribution in [1.29, 1.82) is 0 Å². The number of furan rings is 1. The van der Waals surface area contributed by atoms with Gasteiger partial charge in [-0.3, -0.25) is 14.3 Å². The fraction of sp³-hybridized carbons (Fsp3) is 0.0588. The maximum atomic E-state index is 12.4. The highest BCUT2D eigenvalue weighted by atomic mass is 35.5. The van der Waals surface area contributed by atoms with Crippen LogP contribution in [0.3, 0.4) is 0 Å². The zero-order chi connectivity index (χ0) is 16.1. The van der Waals surface area contributed by atoms with Gasteiger partial charge in [0.2, 0.25) is 5.58 Å². The normalized spacial score (nSPS) is 11.4. The van der Waals surface area contributed by atoms with E-state index >= 15 is 0 Å². The number of hydrogen-bond donors (Lipinski definition) is 1. The van der Waals surface area contributed by atoms with Crippen molar-refractivity contribution in [2.75, 3.05) is 0 Å². The molecule has 0 aliphatic heterocycles. The molecule has 0 spiro atoms. The monoisotopic (exact) mass is 326 g/mol. The van der Waals surface area contributed by atoms with Gasteiger partial charge in [0.15, 0.2) is 0 Å². The van der Waals surface area contributed by atoms with E-state index in [0.717, 1.165) is 5.56 Å². The summed E-state index contributed by atoms with van der Waals surface area (Å²) in [6.45, 7) is 1.93. The van der Waals surface area contributed by atoms with Crippen LogP contribution in [0.4, 0.5) is 0 Å². The zero-order valence-corrected chi connectivity index (χ0v) is 12.8. The van der Waals surface area contributed by atoms with Crippen molar-refractivity contribution in [2.45, 2.75) is 6.92 Å². The molecule has 4 aromatic rings. The number of hydrogen-bond acceptors (Lipinski definition) is 3. The van der Waals surface area contributed by atoms with Gasteiger partial charge in [0.1, 0.15) is 11.1 Å². The van der Waals surface area contributed by atoms with Gasteiger partial charge < -0.3 is 4.42 Å². The third-order valence-electron chi connectivity index (χ3n) is 3.74. The lowest BCUT2D eigenvalue weighted by Gasteiger charge is -2.07. The molecule has 23 heavy (non-hydrogen) atoms. The van der Waals surface area contributed by atoms with Crippen LogP contribution in [-0.4, -0.2) is 9.55 Å². The maximum absolute atomic E-state index is 12.4. The third kappa shape index (κ3) is 2.09. The van der Waals surface area contributed by atoms with Gasteiger partial charge in [0.05, 0.1) is 5.69 Å². The van der Waals surface area contributed by atoms with E-state index in [1.807, 2.05) is 25.1 Å². The molecule has 2 heterocycles. The van der Waals surface area contributed by atoms with Crippen molar-refractivity contribution >= 4 is 33.7 Å². The highest BCUT2D eigenvalue weighted by molar-refractivity contribution is 6.31. The summed E-state index contributed by atoms with van der Waals surface area (Å²) in [6, 6.07) is 12.5. The Bertz CT molecular complexity index is 1180. The Morgan fingerprint density at radius 1 is 1.13 bits per heavy atom. The van der Waals surface area contributed by atoms with Gasteiger partial charge >= 0.3 is 5.69 Å². The van der Waals surface area contributed by atoms with Gasteiger partial charge in [-0.15, -0.1) is 0 Å². The standard InChI is InChI=1S/C17H11ClN2O3/c1-9-3-2-4-11(7-9)20-14-12-8-10(18)5-6-13(12)23-15(14)16(21)19-17(20)22/h2-8H,1H3,(H,19,21,22). The molecule has 0 amide bonds. The Hall–Kier alpha value is -2.79. The molecule has 1 N–H and O–H groups in total. The van der Waals surface area contributed by atoms with Crippen LogP contribution in [0.2, 0.25) is 5.02 Å². The molecule has 0 unspecified atom stereocenters. The number of halogens is 1. The van der Waals surface area contributed by atoms with Gasteiger partial charge in [-0.25, -0.2) is 4.79 Å². The lowest BCUT2D eigenvalue weighted by molar-refractivity contribution is 0.658. The Kier molecular flexibility index (Phi) is 2.92. The van der Waals surface area contributed by atoms with Crippen LogP contribution in [0.25, 0.3) is 27.8 Å². The fourth-order valence-electron chi connectivity index (χ4n) is 2.76. The van der Waals surface area contributed by atoms with Gasteiger partial charge in [-0.2, -0.15) is 0 Å². The summed E-state index contributed by atoms with van der Waals surface area (Å²) in [6.07, 6.45) is 0. The van der Waals surface area contributed by atoms with Crippen LogP contribution in [0, 0.1) is 6.92 Å². The van der Waals surface area contributed by atoms with Gasteiger partial charge in [-0.1, -0.05) is 23.7 Å². The molecule has 0 saturated heterocycles. The average molecular weight is 327 g/mol. The quantitative estimate of drug-likeness (QED) is 0.583. The molecule has 2 aromatic carbocycles. The van der Waals surface area contributed by atoms with E-state index < -0.39 is 11.2 Å². The molecule has 0 aliphatic carbocycles. The van der Waals surface area contributed by atoms with Gasteiger partial charge in [0.25, 0.3) is 5.56 Å². The highest BCUT2D eigenvalue weighted by Gasteiger charge is 2.17. The van der Waals surface area contributed by atoms with E-state index in [2.05, 4.69) is 4.98 Å². The zero-order valence-electron chi connectivity index (χ0n) is 12.1. The summed E-state index contributed by atoms with van der Waals surface area (Å²) < 4.78 is 7.06. The first kappa shape index (κ1) is 13.8. The van der Waals surface area contributed by atoms with Crippen LogP contribution >= 0.6 is 11.6 Å². The van der Waals surface area contributed by atoms with Gasteiger partial charge in [0, 0.05) is 10.4 Å². The molecular weight excluding hydrogens is 316 g/mol. The number of fused-ring (bicyclic) bond motifs is 3. The summed E-state index contributed by atoms with van der Waals surface area (Å²) >= 11 is 6.06. The van der Waals surface area contributed by atoms with E-state index in [-0.39, 0.29) is 5.58 Å². The minimum absolute atomic E-state index is 0.100. The number of aryl methyl sites for hydroxylation is 1. The molecule has 6 heteroatoms. The first-order chi connectivity index (χ1) is 11.0. The number of nitrogens with zero attached hydrogens (tertiary/aromatic N) is 1. The van der Waals surface area contributed by atoms with E-state index in [1.54, 1.807) is 24.3 Å². The molecular formula is C17H11ClN2O3. The van der Waals surface area contributed by atoms with E-state index in [1.165, 1.54) is 4.57 Å². The second-order valence-corrected chi connectivity index (χ2v) is 5.79. The Labute approximate surface area is 134 Å². The molecule has 114 valence electrons. The molecule has 0 radical (unpaired) electrons. The molecule has 2 aromatic heterocycles. The summed E-state index contributed by atoms with van der Waals surface area (Å²) in [4.78, 5) is 26.8. The fourth-order valence-corrected chi connectivity index (χ4v) is 2.93. The Balaban J connectivity index is 2.27. The predicted molar refractivity (Wildman–Crippen MR) is 89.7 cm³/mol. The first-order valence-electron chi connectivity index (χ1n) is 6.99. The second-order valence-electron chi connectivity index (χ2n) is 5.35. The first-order valence-corrected chi connectivity index (χ1v) is 7.36. The van der Waals surface area contributed by atoms with Crippen molar-refractivity contribution in [3.8, 4) is 5.69 Å². The molecule has 0 fully saturated rings. The average Bonchev–Trinajstić information content (AvgIpc) is 2.87. The minimum atomic E-state index is -0.554. The largest absolute Gasteiger partial charge is 0.449 e. The minimum Gasteiger partial charge on any atom is -0.449 e. The number of nitrogens with one attached hydrogen (secondary N) is 1. The van der Waals surface area contributed by atoms with E-state index in [4.69, 9.17) is 16.0 Å². The second kappa shape index (κ2) is 4.86. The summed E-state index contributed by atoms with van der Waals surface area (Å²) in [7, 11) is 0. The van der Waals surface area contributed by atoms with E-state index in [9.17, 15) is 9.59 Å². The molecule has 0 bridgehead atoms. The van der Waals surface area contributed by atoms with Crippen LogP contribution in [0.5, 0.6) is 0 Å². The van der Waals surface area contributed by atoms with Crippen molar-refractivity contribution in [1.82, 2.24) is 9.55 Å². The maximum Gasteiger partial charge on any atom is 0.333 e. The lowest BCUT2D eigenvalue weighted by Crippen LogP contribution is -2.28. The molecule has 0 aliphatic rings. The molecule has 4 rings (SSSR count). The third-order valence-corrected chi connectivity index (χ3v) is 3.97. The summed E-state index contributed by atoms with van der Waals surface area (Å²) in [5, 5.41) is 1.13. The SMILES string of the molecule is Cc1cccc(-n2c(=O)[nH]c(=O)c3oc4ccc(Cl)cc4c32)c1. The Morgan fingerprint density at radius 2 is 1.96 bits per heavy atom. The number of aromatic amines is 1. The molecule has 5 nitrogen and oxygen atoms in total. The van der Waals surface area contributed by atoms with Gasteiger partial charge in [-0.05, 0) is 42.8 Å². The number of rotatable bonds is 1. The Morgan fingerprint density at radius 3 is 2.74 bits per heavy atom. The number of aromatic nitrogens is 2. The van der Waals surface area contributed by atoms with Crippen LogP contribution in [0.15, 0.2) is 56.5 Å². The summed E-state index contributed by atoms with van der Waals surface area (Å²) in [5.74, 6) is 0. The van der Waals surface area contributed by atoms with Crippen LogP contribution in [0.1, 0.15) is 5.56 Å².